The summed E-state index contributed by atoms with van der Waals surface area (Å²) in [6.45, 7) is 0. The van der Waals surface area contributed by atoms with Gasteiger partial charge in [-0.2, -0.15) is 30.9 Å². The number of amides is 2. The second kappa shape index (κ2) is 12.7. The van der Waals surface area contributed by atoms with Crippen molar-refractivity contribution in [3.8, 4) is 0 Å². The summed E-state index contributed by atoms with van der Waals surface area (Å²) in [6.07, 6.45) is -0.220. The van der Waals surface area contributed by atoms with Gasteiger partial charge >= 0.3 is 6.18 Å². The molecule has 0 spiro atoms. The lowest BCUT2D eigenvalue weighted by Crippen LogP contribution is -2.21. The molecule has 1 aromatic heterocycles. The number of alkyl halides is 3. The number of benzene rings is 3. The summed E-state index contributed by atoms with van der Waals surface area (Å²) >= 11 is 13.6. The van der Waals surface area contributed by atoms with E-state index in [9.17, 15) is 22.8 Å². The van der Waals surface area contributed by atoms with E-state index >= 15 is 0 Å². The van der Waals surface area contributed by atoms with Crippen molar-refractivity contribution in [1.29, 1.82) is 0 Å². The maximum absolute atomic E-state index is 13.1. The Hall–Kier alpha value is -3.67. The number of carbonyl (C=O) groups is 2. The molecule has 0 aliphatic carbocycles. The molecule has 4 rings (SSSR count). The van der Waals surface area contributed by atoms with Gasteiger partial charge in [0, 0.05) is 22.4 Å². The van der Waals surface area contributed by atoms with E-state index in [1.165, 1.54) is 18.2 Å². The lowest BCUT2D eigenvalue weighted by molar-refractivity contribution is -0.137. The van der Waals surface area contributed by atoms with E-state index in [-0.39, 0.29) is 22.1 Å². The van der Waals surface area contributed by atoms with Gasteiger partial charge < -0.3 is 5.32 Å². The molecular formula is C28H19BrClF3N4O2S. The Balaban J connectivity index is 1.46. The maximum atomic E-state index is 13.1. The van der Waals surface area contributed by atoms with Crippen molar-refractivity contribution in [2.45, 2.75) is 11.4 Å². The molecule has 1 heterocycles. The molecule has 0 aliphatic heterocycles. The summed E-state index contributed by atoms with van der Waals surface area (Å²) < 4.78 is 39.8. The van der Waals surface area contributed by atoms with Crippen molar-refractivity contribution < 1.29 is 22.8 Å². The fraction of sp³-hybridized carbons (Fsp3) is 0.0714. The van der Waals surface area contributed by atoms with E-state index in [0.29, 0.717) is 10.0 Å². The van der Waals surface area contributed by atoms with Gasteiger partial charge in [0.05, 0.1) is 33.3 Å². The topological polar surface area (TPSA) is 83.5 Å². The van der Waals surface area contributed by atoms with Gasteiger partial charge in [0.15, 0.2) is 0 Å². The molecule has 1 unspecified atom stereocenters. The summed E-state index contributed by atoms with van der Waals surface area (Å²) in [5.41, 5.74) is 3.82. The number of aromatic nitrogens is 1. The number of nitrogens with zero attached hydrogens (tertiary/aromatic N) is 2. The largest absolute Gasteiger partial charge is 0.417 e. The van der Waals surface area contributed by atoms with Crippen molar-refractivity contribution in [2.75, 3.05) is 5.32 Å². The van der Waals surface area contributed by atoms with Crippen LogP contribution in [0.4, 0.5) is 18.9 Å². The van der Waals surface area contributed by atoms with Crippen LogP contribution in [0.2, 0.25) is 5.02 Å². The first kappa shape index (κ1) is 29.3. The summed E-state index contributed by atoms with van der Waals surface area (Å²) in [7, 11) is 0. The minimum atomic E-state index is -4.64. The molecule has 12 heteroatoms. The number of halogens is 5. The predicted molar refractivity (Wildman–Crippen MR) is 155 cm³/mol. The quantitative estimate of drug-likeness (QED) is 0.110. The lowest BCUT2D eigenvalue weighted by Gasteiger charge is -2.13. The van der Waals surface area contributed by atoms with Crippen molar-refractivity contribution in [2.24, 2.45) is 5.10 Å². The Morgan fingerprint density at radius 1 is 0.950 bits per heavy atom. The fourth-order valence-corrected chi connectivity index (χ4v) is 4.56. The summed E-state index contributed by atoms with van der Waals surface area (Å²) in [4.78, 5) is 29.8. The molecule has 0 saturated heterocycles. The maximum Gasteiger partial charge on any atom is 0.417 e. The van der Waals surface area contributed by atoms with E-state index in [1.807, 2.05) is 12.1 Å². The highest BCUT2D eigenvalue weighted by atomic mass is 79.9. The number of hydrogen-bond donors (Lipinski definition) is 3. The van der Waals surface area contributed by atoms with Gasteiger partial charge in [-0.15, -0.1) is 0 Å². The van der Waals surface area contributed by atoms with Crippen LogP contribution in [0.3, 0.4) is 0 Å². The molecule has 0 bridgehead atoms. The highest BCUT2D eigenvalue weighted by molar-refractivity contribution is 9.10. The van der Waals surface area contributed by atoms with Crippen LogP contribution in [-0.2, 0) is 6.18 Å². The lowest BCUT2D eigenvalue weighted by atomic mass is 10.0. The first-order valence-electron chi connectivity index (χ1n) is 11.5. The van der Waals surface area contributed by atoms with Crippen LogP contribution in [0.5, 0.6) is 0 Å². The van der Waals surface area contributed by atoms with Crippen LogP contribution in [0, 0.1) is 0 Å². The van der Waals surface area contributed by atoms with Crippen LogP contribution >= 0.6 is 40.2 Å². The summed E-state index contributed by atoms with van der Waals surface area (Å²) in [6, 6.07) is 18.5. The number of hydrazone groups is 1. The number of hydrogen-bond acceptors (Lipinski definition) is 5. The van der Waals surface area contributed by atoms with Gasteiger partial charge in [0.25, 0.3) is 11.8 Å². The zero-order valence-corrected chi connectivity index (χ0v) is 23.5. The smallest absolute Gasteiger partial charge is 0.321 e. The number of carbonyl (C=O) groups excluding carboxylic acids is 2. The number of rotatable bonds is 7. The number of pyridine rings is 1. The Morgan fingerprint density at radius 2 is 1.62 bits per heavy atom. The van der Waals surface area contributed by atoms with E-state index in [0.717, 1.165) is 29.5 Å². The molecule has 1 atom stereocenters. The predicted octanol–water partition coefficient (Wildman–Crippen LogP) is 7.55. The highest BCUT2D eigenvalue weighted by Crippen LogP contribution is 2.35. The van der Waals surface area contributed by atoms with Crippen molar-refractivity contribution in [1.82, 2.24) is 10.4 Å². The zero-order chi connectivity index (χ0) is 28.9. The van der Waals surface area contributed by atoms with Crippen molar-refractivity contribution >= 4 is 63.9 Å². The van der Waals surface area contributed by atoms with Crippen molar-refractivity contribution in [3.05, 3.63) is 128 Å². The third-order valence-corrected chi connectivity index (χ3v) is 7.08. The second-order valence-electron chi connectivity index (χ2n) is 8.39. The molecule has 3 aromatic carbocycles. The summed E-state index contributed by atoms with van der Waals surface area (Å²) in [5.74, 6) is -1.14. The third-order valence-electron chi connectivity index (χ3n) is 5.66. The summed E-state index contributed by atoms with van der Waals surface area (Å²) in [5, 5.41) is 5.82. The van der Waals surface area contributed by atoms with Gasteiger partial charge in [0.1, 0.15) is 0 Å². The highest BCUT2D eigenvalue weighted by Gasteiger charge is 2.33. The molecule has 0 aliphatic rings. The molecule has 6 nitrogen and oxygen atoms in total. The molecule has 204 valence electrons. The van der Waals surface area contributed by atoms with Gasteiger partial charge in [-0.3, -0.25) is 14.6 Å². The van der Waals surface area contributed by atoms with Gasteiger partial charge in [-0.05, 0) is 71.3 Å². The minimum absolute atomic E-state index is 0.0793. The first-order chi connectivity index (χ1) is 19.0. The van der Waals surface area contributed by atoms with Crippen LogP contribution in [0.1, 0.15) is 48.2 Å². The van der Waals surface area contributed by atoms with E-state index in [1.54, 1.807) is 42.7 Å². The molecule has 2 amide bonds. The Kier molecular flexibility index (Phi) is 9.28. The molecule has 4 aromatic rings. The van der Waals surface area contributed by atoms with Crippen LogP contribution < -0.4 is 10.7 Å². The van der Waals surface area contributed by atoms with Gasteiger partial charge in [0.2, 0.25) is 0 Å². The normalized spacial score (nSPS) is 12.2. The van der Waals surface area contributed by atoms with Crippen LogP contribution in [0.25, 0.3) is 0 Å². The molecule has 2 N–H and O–H groups in total. The number of nitrogens with one attached hydrogen (secondary N) is 2. The molecule has 40 heavy (non-hydrogen) atoms. The SMILES string of the molecule is O=C(Nc1ccc(Br)cc1C(=O)N/N=C\c1ccc(Cl)c(C(F)(F)F)c1)c1ccc(C(S)c2ccncc2)cc1. The van der Waals surface area contributed by atoms with Gasteiger partial charge in [-0.25, -0.2) is 5.43 Å². The average Bonchev–Trinajstić information content (AvgIpc) is 2.94. The van der Waals surface area contributed by atoms with Crippen molar-refractivity contribution in [3.63, 3.8) is 0 Å². The minimum Gasteiger partial charge on any atom is -0.321 e. The third kappa shape index (κ3) is 7.29. The molecule has 0 radical (unpaired) electrons. The molecule has 0 saturated carbocycles. The van der Waals surface area contributed by atoms with Crippen LogP contribution in [0.15, 0.2) is 94.8 Å². The second-order valence-corrected chi connectivity index (χ2v) is 10.2. The van der Waals surface area contributed by atoms with E-state index in [4.69, 9.17) is 11.6 Å². The zero-order valence-electron chi connectivity index (χ0n) is 20.3. The first-order valence-corrected chi connectivity index (χ1v) is 13.2. The average molecular weight is 648 g/mol. The Morgan fingerprint density at radius 3 is 2.30 bits per heavy atom. The van der Waals surface area contributed by atoms with Crippen LogP contribution in [-0.4, -0.2) is 23.0 Å². The fourth-order valence-electron chi connectivity index (χ4n) is 3.63. The number of thiol groups is 1. The Labute approximate surface area is 246 Å². The monoisotopic (exact) mass is 646 g/mol. The Bertz CT molecular complexity index is 1570. The standard InChI is InChI=1S/C28H19BrClF3N4O2S/c29-20-6-8-24(36-26(38)19-4-2-17(3-5-19)25(40)18-9-11-34-12-10-18)21(14-20)27(39)37-35-15-16-1-7-23(30)22(13-16)28(31,32)33/h1-15,25,40H,(H,36,38)(H,37,39)/b35-15-. The number of anilines is 1. The molecular weight excluding hydrogens is 629 g/mol. The van der Waals surface area contributed by atoms with E-state index in [2.05, 4.69) is 49.4 Å². The molecule has 0 fully saturated rings. The van der Waals surface area contributed by atoms with Gasteiger partial charge in [-0.1, -0.05) is 45.7 Å². The van der Waals surface area contributed by atoms with E-state index < -0.39 is 28.6 Å².